The molecule has 1 N–H and O–H groups in total. The zero-order chi connectivity index (χ0) is 12.4. The third kappa shape index (κ3) is 2.36. The lowest BCUT2D eigenvalue weighted by Crippen LogP contribution is -2.26. The molecule has 0 aliphatic heterocycles. The van der Waals surface area contributed by atoms with E-state index >= 15 is 0 Å². The fourth-order valence-electron chi connectivity index (χ4n) is 2.34. The van der Waals surface area contributed by atoms with Crippen molar-refractivity contribution in [3.05, 3.63) is 35.4 Å². The molecule has 1 aromatic carbocycles. The SMILES string of the molecule is O=C1CCCC[C@H]1[C@@H](O)c1c(F)cccc1F. The van der Waals surface area contributed by atoms with E-state index in [2.05, 4.69) is 0 Å². The molecule has 17 heavy (non-hydrogen) atoms. The predicted octanol–water partition coefficient (Wildman–Crippen LogP) is 2.76. The molecule has 1 aliphatic carbocycles. The third-order valence-electron chi connectivity index (χ3n) is 3.28. The Morgan fingerprint density at radius 3 is 2.47 bits per heavy atom. The summed E-state index contributed by atoms with van der Waals surface area (Å²) in [7, 11) is 0. The lowest BCUT2D eigenvalue weighted by Gasteiger charge is -2.26. The first-order valence-electron chi connectivity index (χ1n) is 5.76. The van der Waals surface area contributed by atoms with Crippen LogP contribution in [-0.4, -0.2) is 10.9 Å². The molecule has 0 bridgehead atoms. The second kappa shape index (κ2) is 4.92. The maximum absolute atomic E-state index is 13.5. The van der Waals surface area contributed by atoms with Crippen LogP contribution in [0.4, 0.5) is 8.78 Å². The molecular formula is C13H14F2O2. The van der Waals surface area contributed by atoms with Gasteiger partial charge in [0, 0.05) is 12.3 Å². The van der Waals surface area contributed by atoms with Gasteiger partial charge in [0.1, 0.15) is 17.4 Å². The highest BCUT2D eigenvalue weighted by atomic mass is 19.1. The summed E-state index contributed by atoms with van der Waals surface area (Å²) >= 11 is 0. The number of hydrogen-bond acceptors (Lipinski definition) is 2. The lowest BCUT2D eigenvalue weighted by atomic mass is 9.81. The van der Waals surface area contributed by atoms with Gasteiger partial charge in [0.05, 0.1) is 11.7 Å². The molecule has 1 saturated carbocycles. The minimum atomic E-state index is -1.37. The number of aliphatic hydroxyl groups is 1. The van der Waals surface area contributed by atoms with Crippen molar-refractivity contribution in [2.45, 2.75) is 31.8 Å². The van der Waals surface area contributed by atoms with Gasteiger partial charge in [-0.3, -0.25) is 4.79 Å². The summed E-state index contributed by atoms with van der Waals surface area (Å²) in [6.45, 7) is 0. The van der Waals surface area contributed by atoms with Gasteiger partial charge in [0.15, 0.2) is 0 Å². The Hall–Kier alpha value is -1.29. The summed E-state index contributed by atoms with van der Waals surface area (Å²) in [4.78, 5) is 11.6. The van der Waals surface area contributed by atoms with Crippen molar-refractivity contribution in [2.75, 3.05) is 0 Å². The molecule has 2 nitrogen and oxygen atoms in total. The second-order valence-corrected chi connectivity index (χ2v) is 4.40. The number of rotatable bonds is 2. The first kappa shape index (κ1) is 12.2. The van der Waals surface area contributed by atoms with Gasteiger partial charge in [-0.05, 0) is 25.0 Å². The maximum atomic E-state index is 13.5. The molecule has 1 aromatic rings. The van der Waals surface area contributed by atoms with E-state index in [1.807, 2.05) is 0 Å². The average molecular weight is 240 g/mol. The smallest absolute Gasteiger partial charge is 0.138 e. The molecule has 1 fully saturated rings. The van der Waals surface area contributed by atoms with Gasteiger partial charge in [-0.1, -0.05) is 12.5 Å². The molecule has 1 aliphatic rings. The molecular weight excluding hydrogens is 226 g/mol. The normalized spacial score (nSPS) is 22.5. The molecule has 92 valence electrons. The highest BCUT2D eigenvalue weighted by Crippen LogP contribution is 2.34. The van der Waals surface area contributed by atoms with E-state index in [1.165, 1.54) is 6.07 Å². The monoisotopic (exact) mass is 240 g/mol. The van der Waals surface area contributed by atoms with E-state index in [1.54, 1.807) is 0 Å². The van der Waals surface area contributed by atoms with Crippen molar-refractivity contribution >= 4 is 5.78 Å². The quantitative estimate of drug-likeness (QED) is 0.863. The zero-order valence-electron chi connectivity index (χ0n) is 9.33. The van der Waals surface area contributed by atoms with E-state index in [9.17, 15) is 18.7 Å². The van der Waals surface area contributed by atoms with Crippen LogP contribution >= 0.6 is 0 Å². The number of aliphatic hydroxyl groups excluding tert-OH is 1. The lowest BCUT2D eigenvalue weighted by molar-refractivity contribution is -0.128. The number of benzene rings is 1. The van der Waals surface area contributed by atoms with Crippen LogP contribution in [0.1, 0.15) is 37.4 Å². The number of halogens is 2. The highest BCUT2D eigenvalue weighted by molar-refractivity contribution is 5.82. The van der Waals surface area contributed by atoms with Gasteiger partial charge in [-0.15, -0.1) is 0 Å². The first-order valence-corrected chi connectivity index (χ1v) is 5.76. The molecule has 0 unspecified atom stereocenters. The Kier molecular flexibility index (Phi) is 3.52. The highest BCUT2D eigenvalue weighted by Gasteiger charge is 2.32. The topological polar surface area (TPSA) is 37.3 Å². The summed E-state index contributed by atoms with van der Waals surface area (Å²) in [5, 5.41) is 9.98. The van der Waals surface area contributed by atoms with E-state index in [4.69, 9.17) is 0 Å². The van der Waals surface area contributed by atoms with Crippen LogP contribution in [0.5, 0.6) is 0 Å². The van der Waals surface area contributed by atoms with E-state index in [0.717, 1.165) is 25.0 Å². The van der Waals surface area contributed by atoms with Gasteiger partial charge < -0.3 is 5.11 Å². The molecule has 0 radical (unpaired) electrons. The van der Waals surface area contributed by atoms with Gasteiger partial charge in [-0.2, -0.15) is 0 Å². The van der Waals surface area contributed by atoms with E-state index in [0.29, 0.717) is 12.8 Å². The van der Waals surface area contributed by atoms with Gasteiger partial charge in [0.25, 0.3) is 0 Å². The Morgan fingerprint density at radius 2 is 1.88 bits per heavy atom. The van der Waals surface area contributed by atoms with Crippen molar-refractivity contribution in [1.29, 1.82) is 0 Å². The molecule has 0 saturated heterocycles. The Morgan fingerprint density at radius 1 is 1.24 bits per heavy atom. The van der Waals surface area contributed by atoms with Crippen molar-refractivity contribution in [1.82, 2.24) is 0 Å². The van der Waals surface area contributed by atoms with E-state index < -0.39 is 23.7 Å². The summed E-state index contributed by atoms with van der Waals surface area (Å²) in [6.07, 6.45) is 1.11. The van der Waals surface area contributed by atoms with Crippen LogP contribution in [0.2, 0.25) is 0 Å². The van der Waals surface area contributed by atoms with Gasteiger partial charge in [-0.25, -0.2) is 8.78 Å². The fourth-order valence-corrected chi connectivity index (χ4v) is 2.34. The minimum Gasteiger partial charge on any atom is -0.387 e. The summed E-state index contributed by atoms with van der Waals surface area (Å²) in [5.41, 5.74) is -0.382. The standard InChI is InChI=1S/C13H14F2O2/c14-9-5-3-6-10(15)12(9)13(17)8-4-1-2-7-11(8)16/h3,5-6,8,13,17H,1-2,4,7H2/t8-,13-/m1/s1. The van der Waals surface area contributed by atoms with Crippen molar-refractivity contribution in [3.8, 4) is 0 Å². The summed E-state index contributed by atoms with van der Waals surface area (Å²) < 4.78 is 26.9. The fraction of sp³-hybridized carbons (Fsp3) is 0.462. The van der Waals surface area contributed by atoms with Crippen LogP contribution in [0, 0.1) is 17.6 Å². The summed E-state index contributed by atoms with van der Waals surface area (Å²) in [6, 6.07) is 3.42. The van der Waals surface area contributed by atoms with Crippen LogP contribution in [0.25, 0.3) is 0 Å². The first-order chi connectivity index (χ1) is 8.11. The van der Waals surface area contributed by atoms with Crippen LogP contribution in [-0.2, 0) is 4.79 Å². The Labute approximate surface area is 98.3 Å². The van der Waals surface area contributed by atoms with E-state index in [-0.39, 0.29) is 11.3 Å². The molecule has 2 atom stereocenters. The maximum Gasteiger partial charge on any atom is 0.138 e. The van der Waals surface area contributed by atoms with Crippen LogP contribution < -0.4 is 0 Å². The van der Waals surface area contributed by atoms with Crippen molar-refractivity contribution in [3.63, 3.8) is 0 Å². The van der Waals surface area contributed by atoms with Gasteiger partial charge in [0.2, 0.25) is 0 Å². The predicted molar refractivity (Wildman–Crippen MR) is 58.3 cm³/mol. The molecule has 0 heterocycles. The number of carbonyl (C=O) groups excluding carboxylic acids is 1. The number of carbonyl (C=O) groups is 1. The zero-order valence-corrected chi connectivity index (χ0v) is 9.33. The number of Topliss-reactive ketones (excluding diaryl/α,β-unsaturated/α-hetero) is 1. The van der Waals surface area contributed by atoms with Gasteiger partial charge >= 0.3 is 0 Å². The molecule has 0 aromatic heterocycles. The largest absolute Gasteiger partial charge is 0.387 e. The summed E-state index contributed by atoms with van der Waals surface area (Å²) in [5.74, 6) is -2.37. The molecule has 4 heteroatoms. The minimum absolute atomic E-state index is 0.105. The Balaban J connectivity index is 2.29. The Bertz CT molecular complexity index is 411. The van der Waals surface area contributed by atoms with Crippen molar-refractivity contribution in [2.24, 2.45) is 5.92 Å². The molecule has 2 rings (SSSR count). The van der Waals surface area contributed by atoms with Crippen LogP contribution in [0.15, 0.2) is 18.2 Å². The average Bonchev–Trinajstić information content (AvgIpc) is 2.29. The number of hydrogen-bond donors (Lipinski definition) is 1. The number of ketones is 1. The second-order valence-electron chi connectivity index (χ2n) is 4.40. The molecule has 0 amide bonds. The van der Waals surface area contributed by atoms with Crippen molar-refractivity contribution < 1.29 is 18.7 Å². The third-order valence-corrected chi connectivity index (χ3v) is 3.28. The van der Waals surface area contributed by atoms with Crippen LogP contribution in [0.3, 0.4) is 0 Å². The molecule has 0 spiro atoms.